The van der Waals surface area contributed by atoms with Crippen LogP contribution in [0, 0.1) is 22.5 Å². The number of hydrogen-bond acceptors (Lipinski definition) is 4. The summed E-state index contributed by atoms with van der Waals surface area (Å²) in [6, 6.07) is 4.24. The van der Waals surface area contributed by atoms with Gasteiger partial charge in [0.15, 0.2) is 0 Å². The van der Waals surface area contributed by atoms with Crippen LogP contribution < -0.4 is 10.6 Å². The predicted octanol–water partition coefficient (Wildman–Crippen LogP) is 2.04. The van der Waals surface area contributed by atoms with Crippen LogP contribution in [-0.2, 0) is 0 Å². The van der Waals surface area contributed by atoms with Crippen molar-refractivity contribution < 1.29 is 14.8 Å². The first kappa shape index (κ1) is 16.2. The van der Waals surface area contributed by atoms with Crippen LogP contribution in [0.3, 0.4) is 0 Å². The van der Waals surface area contributed by atoms with Gasteiger partial charge in [0, 0.05) is 23.6 Å². The maximum absolute atomic E-state index is 11.9. The first-order valence-corrected chi connectivity index (χ1v) is 7.27. The molecule has 0 aromatic heterocycles. The first-order chi connectivity index (χ1) is 10.4. The monoisotopic (exact) mass is 307 g/mol. The number of hydrogen-bond donors (Lipinski definition) is 3. The number of nitrogens with one attached hydrogen (secondary N) is 2. The number of aliphatic hydroxyl groups excluding tert-OH is 1. The number of aryl methyl sites for hydroxylation is 1. The van der Waals surface area contributed by atoms with E-state index < -0.39 is 4.92 Å². The van der Waals surface area contributed by atoms with Gasteiger partial charge in [-0.25, -0.2) is 4.79 Å². The van der Waals surface area contributed by atoms with Crippen molar-refractivity contribution in [3.05, 3.63) is 39.4 Å². The molecule has 1 aromatic rings. The van der Waals surface area contributed by atoms with Crippen LogP contribution in [-0.4, -0.2) is 29.2 Å². The highest BCUT2D eigenvalue weighted by molar-refractivity contribution is 5.74. The van der Waals surface area contributed by atoms with E-state index in [1.807, 2.05) is 0 Å². The van der Waals surface area contributed by atoms with E-state index in [-0.39, 0.29) is 29.8 Å². The minimum Gasteiger partial charge on any atom is -0.396 e. The Hall–Kier alpha value is -2.15. The third-order valence-electron chi connectivity index (χ3n) is 4.19. The molecule has 0 aliphatic heterocycles. The minimum absolute atomic E-state index is 0.0452. The summed E-state index contributed by atoms with van der Waals surface area (Å²) in [5.41, 5.74) is 1.16. The molecule has 0 radical (unpaired) electrons. The number of nitro benzene ring substituents is 1. The number of nitro groups is 1. The molecule has 1 saturated carbocycles. The second-order valence-electron chi connectivity index (χ2n) is 6.01. The largest absolute Gasteiger partial charge is 0.396 e. The molecule has 2 amide bonds. The number of carbonyl (C=O) groups is 1. The van der Waals surface area contributed by atoms with Crippen LogP contribution in [0.25, 0.3) is 0 Å². The van der Waals surface area contributed by atoms with Crippen LogP contribution >= 0.6 is 0 Å². The van der Waals surface area contributed by atoms with Crippen molar-refractivity contribution in [2.75, 3.05) is 13.2 Å². The highest BCUT2D eigenvalue weighted by Crippen LogP contribution is 2.44. The molecule has 7 heteroatoms. The Bertz CT molecular complexity index is 584. The smallest absolute Gasteiger partial charge is 0.315 e. The summed E-state index contributed by atoms with van der Waals surface area (Å²) in [5, 5.41) is 25.6. The lowest BCUT2D eigenvalue weighted by Gasteiger charge is -2.17. The topological polar surface area (TPSA) is 104 Å². The lowest BCUT2D eigenvalue weighted by atomic mass is 10.0. The molecule has 1 aliphatic rings. The Morgan fingerprint density at radius 3 is 2.73 bits per heavy atom. The van der Waals surface area contributed by atoms with Crippen LogP contribution in [0.4, 0.5) is 10.5 Å². The molecule has 1 aromatic carbocycles. The Balaban J connectivity index is 1.94. The van der Waals surface area contributed by atoms with Crippen LogP contribution in [0.1, 0.15) is 36.9 Å². The first-order valence-electron chi connectivity index (χ1n) is 7.27. The van der Waals surface area contributed by atoms with Gasteiger partial charge in [-0.3, -0.25) is 10.1 Å². The van der Waals surface area contributed by atoms with E-state index in [0.29, 0.717) is 17.7 Å². The van der Waals surface area contributed by atoms with Gasteiger partial charge < -0.3 is 15.7 Å². The third-order valence-corrected chi connectivity index (χ3v) is 4.19. The summed E-state index contributed by atoms with van der Waals surface area (Å²) in [4.78, 5) is 22.4. The number of nitrogens with zero attached hydrogens (tertiary/aromatic N) is 1. The zero-order chi connectivity index (χ0) is 16.3. The molecule has 2 rings (SSSR count). The normalized spacial score (nSPS) is 16.7. The van der Waals surface area contributed by atoms with Gasteiger partial charge in [0.1, 0.15) is 0 Å². The molecule has 0 saturated heterocycles. The van der Waals surface area contributed by atoms with E-state index in [1.54, 1.807) is 26.0 Å². The van der Waals surface area contributed by atoms with E-state index in [1.165, 1.54) is 6.07 Å². The molecule has 1 unspecified atom stereocenters. The molecule has 0 bridgehead atoms. The Morgan fingerprint density at radius 2 is 2.18 bits per heavy atom. The zero-order valence-electron chi connectivity index (χ0n) is 12.8. The molecule has 7 nitrogen and oxygen atoms in total. The SMILES string of the molecule is Cc1ccc(C(C)NC(=O)NCC2(CO)CC2)cc1[N+](=O)[O-]. The minimum atomic E-state index is -0.427. The number of aliphatic hydroxyl groups is 1. The van der Waals surface area contributed by atoms with Gasteiger partial charge in [-0.15, -0.1) is 0 Å². The summed E-state index contributed by atoms with van der Waals surface area (Å²) in [5.74, 6) is 0. The molecule has 120 valence electrons. The standard InChI is InChI=1S/C15H21N3O4/c1-10-3-4-12(7-13(10)18(21)22)11(2)17-14(20)16-8-15(9-19)5-6-15/h3-4,7,11,19H,5-6,8-9H2,1-2H3,(H2,16,17,20). The van der Waals surface area contributed by atoms with E-state index in [0.717, 1.165) is 12.8 Å². The average molecular weight is 307 g/mol. The Kier molecular flexibility index (Phi) is 4.65. The quantitative estimate of drug-likeness (QED) is 0.552. The maximum Gasteiger partial charge on any atom is 0.315 e. The maximum atomic E-state index is 11.9. The van der Waals surface area contributed by atoms with Crippen LogP contribution in [0.2, 0.25) is 0 Å². The van der Waals surface area contributed by atoms with Gasteiger partial charge in [0.25, 0.3) is 5.69 Å². The summed E-state index contributed by atoms with van der Waals surface area (Å²) < 4.78 is 0. The zero-order valence-corrected chi connectivity index (χ0v) is 12.8. The average Bonchev–Trinajstić information content (AvgIpc) is 3.26. The molecule has 3 N–H and O–H groups in total. The fraction of sp³-hybridized carbons (Fsp3) is 0.533. The number of benzene rings is 1. The molecule has 0 heterocycles. The molecule has 22 heavy (non-hydrogen) atoms. The summed E-state index contributed by atoms with van der Waals surface area (Å²) in [7, 11) is 0. The summed E-state index contributed by atoms with van der Waals surface area (Å²) in [6.45, 7) is 3.96. The van der Waals surface area contributed by atoms with Gasteiger partial charge in [-0.1, -0.05) is 12.1 Å². The third kappa shape index (κ3) is 3.73. The predicted molar refractivity (Wildman–Crippen MR) is 81.5 cm³/mol. The Labute approximate surface area is 128 Å². The highest BCUT2D eigenvalue weighted by Gasteiger charge is 2.42. The Morgan fingerprint density at radius 1 is 1.50 bits per heavy atom. The number of urea groups is 1. The number of amides is 2. The second kappa shape index (κ2) is 6.31. The van der Waals surface area contributed by atoms with E-state index >= 15 is 0 Å². The molecule has 1 atom stereocenters. The second-order valence-corrected chi connectivity index (χ2v) is 6.01. The molecule has 0 spiro atoms. The van der Waals surface area contributed by atoms with Crippen molar-refractivity contribution in [1.82, 2.24) is 10.6 Å². The fourth-order valence-electron chi connectivity index (χ4n) is 2.26. The highest BCUT2D eigenvalue weighted by atomic mass is 16.6. The van der Waals surface area contributed by atoms with Crippen molar-refractivity contribution >= 4 is 11.7 Å². The van der Waals surface area contributed by atoms with Gasteiger partial charge in [0.2, 0.25) is 0 Å². The van der Waals surface area contributed by atoms with Gasteiger partial charge in [0.05, 0.1) is 17.6 Å². The van der Waals surface area contributed by atoms with Gasteiger partial charge in [-0.05, 0) is 32.3 Å². The summed E-state index contributed by atoms with van der Waals surface area (Å²) >= 11 is 0. The van der Waals surface area contributed by atoms with Crippen LogP contribution in [0.5, 0.6) is 0 Å². The van der Waals surface area contributed by atoms with Crippen molar-refractivity contribution in [1.29, 1.82) is 0 Å². The van der Waals surface area contributed by atoms with Crippen molar-refractivity contribution in [3.63, 3.8) is 0 Å². The van der Waals surface area contributed by atoms with E-state index in [2.05, 4.69) is 10.6 Å². The molecular formula is C15H21N3O4. The van der Waals surface area contributed by atoms with E-state index in [9.17, 15) is 20.0 Å². The van der Waals surface area contributed by atoms with Crippen molar-refractivity contribution in [2.24, 2.45) is 5.41 Å². The van der Waals surface area contributed by atoms with Gasteiger partial charge in [-0.2, -0.15) is 0 Å². The molecule has 1 aliphatic carbocycles. The lowest BCUT2D eigenvalue weighted by molar-refractivity contribution is -0.385. The number of rotatable bonds is 6. The molecular weight excluding hydrogens is 286 g/mol. The summed E-state index contributed by atoms with van der Waals surface area (Å²) in [6.07, 6.45) is 1.84. The van der Waals surface area contributed by atoms with Gasteiger partial charge >= 0.3 is 6.03 Å². The van der Waals surface area contributed by atoms with E-state index in [4.69, 9.17) is 0 Å². The number of carbonyl (C=O) groups excluding carboxylic acids is 1. The van der Waals surface area contributed by atoms with Crippen molar-refractivity contribution in [3.8, 4) is 0 Å². The molecule has 1 fully saturated rings. The fourth-order valence-corrected chi connectivity index (χ4v) is 2.26. The lowest BCUT2D eigenvalue weighted by Crippen LogP contribution is -2.40. The van der Waals surface area contributed by atoms with Crippen molar-refractivity contribution in [2.45, 2.75) is 32.7 Å². The van der Waals surface area contributed by atoms with Crippen LogP contribution in [0.15, 0.2) is 18.2 Å².